The number of rotatable bonds is 6. The maximum Gasteiger partial charge on any atom is 0.220 e. The van der Waals surface area contributed by atoms with Gasteiger partial charge in [-0.25, -0.2) is 0 Å². The van der Waals surface area contributed by atoms with Gasteiger partial charge < -0.3 is 10.6 Å². The summed E-state index contributed by atoms with van der Waals surface area (Å²) in [5.74, 6) is 1.46. The predicted octanol–water partition coefficient (Wildman–Crippen LogP) is 1.88. The van der Waals surface area contributed by atoms with E-state index in [2.05, 4.69) is 30.7 Å². The number of hydrogen-bond acceptors (Lipinski definition) is 3. The molecule has 0 unspecified atom stereocenters. The first-order valence-electron chi connectivity index (χ1n) is 6.63. The molecule has 0 aromatic rings. The van der Waals surface area contributed by atoms with Gasteiger partial charge in [-0.3, -0.25) is 4.79 Å². The van der Waals surface area contributed by atoms with Crippen LogP contribution in [0.2, 0.25) is 0 Å². The van der Waals surface area contributed by atoms with E-state index in [1.54, 1.807) is 11.8 Å². The molecule has 1 rings (SSSR count). The average molecular weight is 258 g/mol. The Kier molecular flexibility index (Phi) is 6.97. The predicted molar refractivity (Wildman–Crippen MR) is 75.4 cm³/mol. The molecule has 0 saturated carbocycles. The SMILES string of the molecule is CS[C@H](C)CNC(=O)C[C@H](C)C1CCNCC1. The highest BCUT2D eigenvalue weighted by Crippen LogP contribution is 2.24. The van der Waals surface area contributed by atoms with Crippen LogP contribution in [0.5, 0.6) is 0 Å². The normalized spacial score (nSPS) is 20.9. The van der Waals surface area contributed by atoms with E-state index in [-0.39, 0.29) is 5.91 Å². The Bertz CT molecular complexity index is 229. The minimum Gasteiger partial charge on any atom is -0.355 e. The Morgan fingerprint density at radius 3 is 2.65 bits per heavy atom. The van der Waals surface area contributed by atoms with E-state index in [0.29, 0.717) is 17.6 Å². The molecule has 1 aliphatic rings. The van der Waals surface area contributed by atoms with Gasteiger partial charge in [-0.15, -0.1) is 0 Å². The third-order valence-electron chi connectivity index (χ3n) is 3.68. The number of carbonyl (C=O) groups excluding carboxylic acids is 1. The molecule has 2 N–H and O–H groups in total. The van der Waals surface area contributed by atoms with E-state index < -0.39 is 0 Å². The van der Waals surface area contributed by atoms with E-state index >= 15 is 0 Å². The number of hydrogen-bond donors (Lipinski definition) is 2. The topological polar surface area (TPSA) is 41.1 Å². The Morgan fingerprint density at radius 2 is 2.06 bits per heavy atom. The Morgan fingerprint density at radius 1 is 1.41 bits per heavy atom. The second-order valence-electron chi connectivity index (χ2n) is 5.12. The molecule has 2 atom stereocenters. The first kappa shape index (κ1) is 14.8. The van der Waals surface area contributed by atoms with Crippen molar-refractivity contribution in [1.82, 2.24) is 10.6 Å². The van der Waals surface area contributed by atoms with Gasteiger partial charge in [0.05, 0.1) is 0 Å². The minimum atomic E-state index is 0.219. The highest BCUT2D eigenvalue weighted by atomic mass is 32.2. The lowest BCUT2D eigenvalue weighted by molar-refractivity contribution is -0.122. The molecular weight excluding hydrogens is 232 g/mol. The summed E-state index contributed by atoms with van der Waals surface area (Å²) in [7, 11) is 0. The third kappa shape index (κ3) is 5.77. The summed E-state index contributed by atoms with van der Waals surface area (Å²) < 4.78 is 0. The summed E-state index contributed by atoms with van der Waals surface area (Å²) in [6, 6.07) is 0. The van der Waals surface area contributed by atoms with E-state index in [1.807, 2.05) is 0 Å². The zero-order valence-corrected chi connectivity index (χ0v) is 12.1. The van der Waals surface area contributed by atoms with Crippen molar-refractivity contribution in [2.45, 2.75) is 38.4 Å². The molecule has 0 spiro atoms. The monoisotopic (exact) mass is 258 g/mol. The highest BCUT2D eigenvalue weighted by Gasteiger charge is 2.21. The van der Waals surface area contributed by atoms with Crippen molar-refractivity contribution in [2.75, 3.05) is 25.9 Å². The number of thioether (sulfide) groups is 1. The van der Waals surface area contributed by atoms with Crippen molar-refractivity contribution in [3.05, 3.63) is 0 Å². The van der Waals surface area contributed by atoms with Gasteiger partial charge >= 0.3 is 0 Å². The van der Waals surface area contributed by atoms with Crippen LogP contribution < -0.4 is 10.6 Å². The van der Waals surface area contributed by atoms with Crippen LogP contribution in [0, 0.1) is 11.8 Å². The summed E-state index contributed by atoms with van der Waals surface area (Å²) in [6.45, 7) is 7.37. The number of piperidine rings is 1. The highest BCUT2D eigenvalue weighted by molar-refractivity contribution is 7.99. The largest absolute Gasteiger partial charge is 0.355 e. The molecule has 0 aromatic heterocycles. The molecule has 0 aromatic carbocycles. The van der Waals surface area contributed by atoms with Gasteiger partial charge in [-0.2, -0.15) is 11.8 Å². The van der Waals surface area contributed by atoms with Gasteiger partial charge in [0.2, 0.25) is 5.91 Å². The fraction of sp³-hybridized carbons (Fsp3) is 0.923. The van der Waals surface area contributed by atoms with Crippen LogP contribution in [0.3, 0.4) is 0 Å². The van der Waals surface area contributed by atoms with Crippen LogP contribution in [0.4, 0.5) is 0 Å². The number of carbonyl (C=O) groups is 1. The van der Waals surface area contributed by atoms with E-state index in [4.69, 9.17) is 0 Å². The van der Waals surface area contributed by atoms with Crippen molar-refractivity contribution < 1.29 is 4.79 Å². The molecular formula is C13H26N2OS. The Balaban J connectivity index is 2.20. The van der Waals surface area contributed by atoms with Gasteiger partial charge in [0.25, 0.3) is 0 Å². The number of amides is 1. The van der Waals surface area contributed by atoms with Crippen molar-refractivity contribution in [2.24, 2.45) is 11.8 Å². The number of nitrogens with one attached hydrogen (secondary N) is 2. The van der Waals surface area contributed by atoms with Crippen molar-refractivity contribution >= 4 is 17.7 Å². The summed E-state index contributed by atoms with van der Waals surface area (Å²) in [4.78, 5) is 11.8. The molecule has 3 nitrogen and oxygen atoms in total. The second kappa shape index (κ2) is 7.98. The Labute approximate surface area is 109 Å². The van der Waals surface area contributed by atoms with Crippen molar-refractivity contribution in [3.8, 4) is 0 Å². The molecule has 1 aliphatic heterocycles. The van der Waals surface area contributed by atoms with Crippen LogP contribution in [0.25, 0.3) is 0 Å². The quantitative estimate of drug-likeness (QED) is 0.764. The molecule has 1 saturated heterocycles. The summed E-state index contributed by atoms with van der Waals surface area (Å²) in [5, 5.41) is 6.90. The molecule has 1 heterocycles. The van der Waals surface area contributed by atoms with Crippen molar-refractivity contribution in [1.29, 1.82) is 0 Å². The fourth-order valence-electron chi connectivity index (χ4n) is 2.29. The Hall–Kier alpha value is -0.220. The van der Waals surface area contributed by atoms with Gasteiger partial charge in [-0.1, -0.05) is 13.8 Å². The standard InChI is InChI=1S/C13H26N2OS/c1-10(12-4-6-14-7-5-12)8-13(16)15-9-11(2)17-3/h10-12,14H,4-9H2,1-3H3,(H,15,16)/t10-,11+/m0/s1. The molecule has 17 heavy (non-hydrogen) atoms. The molecule has 100 valence electrons. The van der Waals surface area contributed by atoms with Crippen LogP contribution in [-0.2, 0) is 4.79 Å². The summed E-state index contributed by atoms with van der Waals surface area (Å²) >= 11 is 1.79. The zero-order valence-electron chi connectivity index (χ0n) is 11.3. The maximum absolute atomic E-state index is 11.8. The van der Waals surface area contributed by atoms with E-state index in [0.717, 1.165) is 25.6 Å². The summed E-state index contributed by atoms with van der Waals surface area (Å²) in [6.07, 6.45) is 5.20. The van der Waals surface area contributed by atoms with Crippen LogP contribution >= 0.6 is 11.8 Å². The van der Waals surface area contributed by atoms with Crippen LogP contribution in [0.15, 0.2) is 0 Å². The van der Waals surface area contributed by atoms with Crippen LogP contribution in [0.1, 0.15) is 33.1 Å². The maximum atomic E-state index is 11.8. The zero-order chi connectivity index (χ0) is 12.7. The smallest absolute Gasteiger partial charge is 0.220 e. The molecule has 4 heteroatoms. The lowest BCUT2D eigenvalue weighted by Gasteiger charge is -2.28. The van der Waals surface area contributed by atoms with Gasteiger partial charge in [-0.05, 0) is 44.0 Å². The molecule has 0 radical (unpaired) electrons. The third-order valence-corrected chi connectivity index (χ3v) is 4.66. The lowest BCUT2D eigenvalue weighted by Crippen LogP contribution is -2.34. The van der Waals surface area contributed by atoms with Gasteiger partial charge in [0.15, 0.2) is 0 Å². The van der Waals surface area contributed by atoms with Crippen molar-refractivity contribution in [3.63, 3.8) is 0 Å². The van der Waals surface area contributed by atoms with Crippen LogP contribution in [-0.4, -0.2) is 37.0 Å². The van der Waals surface area contributed by atoms with Gasteiger partial charge in [0.1, 0.15) is 0 Å². The molecule has 1 amide bonds. The lowest BCUT2D eigenvalue weighted by atomic mass is 9.84. The second-order valence-corrected chi connectivity index (χ2v) is 6.40. The minimum absolute atomic E-state index is 0.219. The molecule has 1 fully saturated rings. The van der Waals surface area contributed by atoms with E-state index in [9.17, 15) is 4.79 Å². The molecule has 0 bridgehead atoms. The average Bonchev–Trinajstić information content (AvgIpc) is 2.36. The molecule has 0 aliphatic carbocycles. The van der Waals surface area contributed by atoms with E-state index in [1.165, 1.54) is 12.8 Å². The fourth-order valence-corrected chi connectivity index (χ4v) is 2.54. The van der Waals surface area contributed by atoms with Gasteiger partial charge in [0, 0.05) is 18.2 Å². The summed E-state index contributed by atoms with van der Waals surface area (Å²) in [5.41, 5.74) is 0. The first-order valence-corrected chi connectivity index (χ1v) is 7.92. The first-order chi connectivity index (χ1) is 8.13.